The van der Waals surface area contributed by atoms with Crippen molar-refractivity contribution >= 4 is 11.6 Å². The molecule has 0 saturated heterocycles. The molecule has 0 radical (unpaired) electrons. The van der Waals surface area contributed by atoms with Crippen molar-refractivity contribution in [1.29, 1.82) is 0 Å². The molecule has 0 amide bonds. The maximum absolute atomic E-state index is 13.8. The quantitative estimate of drug-likeness (QED) is 0.900. The fourth-order valence-electron chi connectivity index (χ4n) is 2.57. The van der Waals surface area contributed by atoms with Gasteiger partial charge < -0.3 is 9.84 Å². The van der Waals surface area contributed by atoms with E-state index in [9.17, 15) is 9.50 Å². The predicted octanol–water partition coefficient (Wildman–Crippen LogP) is 3.47. The van der Waals surface area contributed by atoms with Crippen molar-refractivity contribution in [3.05, 3.63) is 34.6 Å². The Balaban J connectivity index is 2.32. The fraction of sp³-hybridized carbons (Fsp3) is 0.538. The number of halogens is 2. The minimum absolute atomic E-state index is 0.262. The van der Waals surface area contributed by atoms with E-state index in [2.05, 4.69) is 0 Å². The predicted molar refractivity (Wildman–Crippen MR) is 64.6 cm³/mol. The van der Waals surface area contributed by atoms with Crippen molar-refractivity contribution in [3.63, 3.8) is 0 Å². The van der Waals surface area contributed by atoms with Gasteiger partial charge in [-0.05, 0) is 25.0 Å². The summed E-state index contributed by atoms with van der Waals surface area (Å²) in [6, 6.07) is 4.33. The van der Waals surface area contributed by atoms with Gasteiger partial charge in [0.25, 0.3) is 0 Å². The summed E-state index contributed by atoms with van der Waals surface area (Å²) in [5, 5.41) is 10.7. The summed E-state index contributed by atoms with van der Waals surface area (Å²) in [7, 11) is 1.57. The first-order valence-electron chi connectivity index (χ1n) is 5.77. The van der Waals surface area contributed by atoms with Gasteiger partial charge >= 0.3 is 0 Å². The van der Waals surface area contributed by atoms with Crippen molar-refractivity contribution in [3.8, 4) is 0 Å². The lowest BCUT2D eigenvalue weighted by Gasteiger charge is -2.33. The van der Waals surface area contributed by atoms with E-state index in [0.717, 1.165) is 25.7 Å². The van der Waals surface area contributed by atoms with Crippen LogP contribution in [0, 0.1) is 5.82 Å². The second-order valence-electron chi connectivity index (χ2n) is 4.54. The third-order valence-electron chi connectivity index (χ3n) is 3.61. The molecule has 1 unspecified atom stereocenters. The molecule has 1 fully saturated rings. The summed E-state index contributed by atoms with van der Waals surface area (Å²) >= 11 is 5.70. The molecule has 0 spiro atoms. The Hall–Kier alpha value is -0.640. The number of rotatable bonds is 3. The monoisotopic (exact) mass is 258 g/mol. The number of benzene rings is 1. The highest BCUT2D eigenvalue weighted by atomic mass is 35.5. The molecule has 1 aliphatic carbocycles. The van der Waals surface area contributed by atoms with Crippen LogP contribution in [-0.2, 0) is 4.74 Å². The number of methoxy groups -OCH3 is 1. The Morgan fingerprint density at radius 1 is 1.41 bits per heavy atom. The molecule has 17 heavy (non-hydrogen) atoms. The Morgan fingerprint density at radius 3 is 2.59 bits per heavy atom. The van der Waals surface area contributed by atoms with E-state index in [4.69, 9.17) is 16.3 Å². The zero-order valence-electron chi connectivity index (χ0n) is 9.75. The van der Waals surface area contributed by atoms with Crippen molar-refractivity contribution in [2.75, 3.05) is 7.11 Å². The first-order chi connectivity index (χ1) is 8.09. The van der Waals surface area contributed by atoms with Gasteiger partial charge in [0.15, 0.2) is 0 Å². The SMILES string of the molecule is COC1(C(O)c2ccc(Cl)cc2F)CCCC1. The molecular formula is C13H16ClFO2. The fourth-order valence-corrected chi connectivity index (χ4v) is 2.73. The summed E-state index contributed by atoms with van der Waals surface area (Å²) in [6.07, 6.45) is 2.58. The Bertz CT molecular complexity index is 402. The molecular weight excluding hydrogens is 243 g/mol. The van der Waals surface area contributed by atoms with Gasteiger partial charge in [0, 0.05) is 17.7 Å². The Morgan fingerprint density at radius 2 is 2.06 bits per heavy atom. The molecule has 1 aromatic rings. The van der Waals surface area contributed by atoms with Crippen LogP contribution in [0.15, 0.2) is 18.2 Å². The topological polar surface area (TPSA) is 29.5 Å². The highest BCUT2D eigenvalue weighted by molar-refractivity contribution is 6.30. The number of aliphatic hydroxyl groups excluding tert-OH is 1. The second-order valence-corrected chi connectivity index (χ2v) is 4.98. The van der Waals surface area contributed by atoms with Crippen LogP contribution in [0.2, 0.25) is 5.02 Å². The highest BCUT2D eigenvalue weighted by Gasteiger charge is 2.42. The first kappa shape index (κ1) is 12.8. The van der Waals surface area contributed by atoms with E-state index < -0.39 is 17.5 Å². The molecule has 2 nitrogen and oxygen atoms in total. The van der Waals surface area contributed by atoms with E-state index in [-0.39, 0.29) is 5.56 Å². The molecule has 0 bridgehead atoms. The smallest absolute Gasteiger partial charge is 0.130 e. The zero-order chi connectivity index (χ0) is 12.5. The molecule has 1 N–H and O–H groups in total. The normalized spacial score (nSPS) is 20.5. The lowest BCUT2D eigenvalue weighted by Crippen LogP contribution is -2.35. The Labute approximate surface area is 105 Å². The Kier molecular flexibility index (Phi) is 3.71. The number of aliphatic hydroxyl groups is 1. The van der Waals surface area contributed by atoms with E-state index in [1.165, 1.54) is 12.1 Å². The second kappa shape index (κ2) is 4.92. The van der Waals surface area contributed by atoms with Gasteiger partial charge in [-0.3, -0.25) is 0 Å². The largest absolute Gasteiger partial charge is 0.385 e. The third-order valence-corrected chi connectivity index (χ3v) is 3.85. The van der Waals surface area contributed by atoms with Gasteiger partial charge in [-0.15, -0.1) is 0 Å². The third kappa shape index (κ3) is 2.32. The summed E-state index contributed by atoms with van der Waals surface area (Å²) in [5.41, 5.74) is -0.382. The maximum Gasteiger partial charge on any atom is 0.130 e. The van der Waals surface area contributed by atoms with Crippen molar-refractivity contribution in [2.24, 2.45) is 0 Å². The van der Waals surface area contributed by atoms with Crippen molar-refractivity contribution < 1.29 is 14.2 Å². The molecule has 1 aliphatic rings. The van der Waals surface area contributed by atoms with Crippen LogP contribution in [0.1, 0.15) is 37.4 Å². The van der Waals surface area contributed by atoms with Crippen LogP contribution in [0.3, 0.4) is 0 Å². The van der Waals surface area contributed by atoms with Gasteiger partial charge in [0.05, 0.1) is 5.60 Å². The van der Waals surface area contributed by atoms with Gasteiger partial charge in [0.1, 0.15) is 11.9 Å². The first-order valence-corrected chi connectivity index (χ1v) is 6.15. The molecule has 4 heteroatoms. The molecule has 0 heterocycles. The standard InChI is InChI=1S/C13H16ClFO2/c1-17-13(6-2-3-7-13)12(16)10-5-4-9(14)8-11(10)15/h4-5,8,12,16H,2-3,6-7H2,1H3. The summed E-state index contributed by atoms with van der Waals surface area (Å²) in [4.78, 5) is 0. The average molecular weight is 259 g/mol. The minimum atomic E-state index is -0.938. The summed E-state index contributed by atoms with van der Waals surface area (Å²) < 4.78 is 19.2. The lowest BCUT2D eigenvalue weighted by molar-refractivity contribution is -0.101. The number of hydrogen-bond acceptors (Lipinski definition) is 2. The molecule has 2 rings (SSSR count). The molecule has 0 aromatic heterocycles. The maximum atomic E-state index is 13.8. The van der Waals surface area contributed by atoms with Crippen molar-refractivity contribution in [1.82, 2.24) is 0 Å². The molecule has 1 atom stereocenters. The average Bonchev–Trinajstić information content (AvgIpc) is 2.78. The van der Waals surface area contributed by atoms with Crippen LogP contribution in [0.4, 0.5) is 4.39 Å². The van der Waals surface area contributed by atoms with Gasteiger partial charge in [-0.25, -0.2) is 4.39 Å². The highest BCUT2D eigenvalue weighted by Crippen LogP contribution is 2.43. The van der Waals surface area contributed by atoms with E-state index in [1.54, 1.807) is 13.2 Å². The molecule has 1 saturated carbocycles. The summed E-state index contributed by atoms with van der Waals surface area (Å²) in [6.45, 7) is 0. The zero-order valence-corrected chi connectivity index (χ0v) is 10.5. The van der Waals surface area contributed by atoms with Crippen LogP contribution in [-0.4, -0.2) is 17.8 Å². The number of hydrogen-bond donors (Lipinski definition) is 1. The molecule has 94 valence electrons. The molecule has 0 aliphatic heterocycles. The van der Waals surface area contributed by atoms with Gasteiger partial charge in [-0.2, -0.15) is 0 Å². The summed E-state index contributed by atoms with van der Waals surface area (Å²) in [5.74, 6) is -0.478. The lowest BCUT2D eigenvalue weighted by atomic mass is 9.89. The number of ether oxygens (including phenoxy) is 1. The van der Waals surface area contributed by atoms with E-state index in [0.29, 0.717) is 5.02 Å². The van der Waals surface area contributed by atoms with E-state index in [1.807, 2.05) is 0 Å². The van der Waals surface area contributed by atoms with Crippen LogP contribution >= 0.6 is 11.6 Å². The van der Waals surface area contributed by atoms with Crippen molar-refractivity contribution in [2.45, 2.75) is 37.4 Å². The van der Waals surface area contributed by atoms with Crippen LogP contribution in [0.5, 0.6) is 0 Å². The van der Waals surface area contributed by atoms with E-state index >= 15 is 0 Å². The molecule has 1 aromatic carbocycles. The van der Waals surface area contributed by atoms with Crippen LogP contribution in [0.25, 0.3) is 0 Å². The van der Waals surface area contributed by atoms with Crippen LogP contribution < -0.4 is 0 Å². The van der Waals surface area contributed by atoms with Gasteiger partial charge in [-0.1, -0.05) is 30.5 Å². The minimum Gasteiger partial charge on any atom is -0.385 e. The van der Waals surface area contributed by atoms with Gasteiger partial charge in [0.2, 0.25) is 0 Å².